The van der Waals surface area contributed by atoms with Crippen molar-refractivity contribution in [3.63, 3.8) is 0 Å². The summed E-state index contributed by atoms with van der Waals surface area (Å²) in [6.45, 7) is 6.33. The van der Waals surface area contributed by atoms with Crippen molar-refractivity contribution in [3.05, 3.63) is 89.6 Å². The van der Waals surface area contributed by atoms with E-state index in [1.54, 1.807) is 0 Å². The molecule has 3 rings (SSSR count). The number of hydrogen-bond donors (Lipinski definition) is 0. The molecule has 0 saturated carbocycles. The van der Waals surface area contributed by atoms with Crippen LogP contribution in [0.25, 0.3) is 0 Å². The molecular formula is C21H22OP. The third-order valence-electron chi connectivity index (χ3n) is 4.33. The third-order valence-corrected chi connectivity index (χ3v) is 7.71. The number of allylic oxidation sites excluding steroid dienone is 4. The molecule has 0 bridgehead atoms. The summed E-state index contributed by atoms with van der Waals surface area (Å²) >= 11 is 0. The summed E-state index contributed by atoms with van der Waals surface area (Å²) < 4.78 is 14.4. The van der Waals surface area contributed by atoms with Crippen LogP contribution in [0.3, 0.4) is 0 Å². The first-order chi connectivity index (χ1) is 11.0. The monoisotopic (exact) mass is 321 g/mol. The van der Waals surface area contributed by atoms with Crippen molar-refractivity contribution in [3.8, 4) is 0 Å². The third kappa shape index (κ3) is 2.86. The summed E-state index contributed by atoms with van der Waals surface area (Å²) in [6, 6.07) is 19.8. The molecule has 1 aliphatic carbocycles. The van der Waals surface area contributed by atoms with Gasteiger partial charge in [-0.15, -0.1) is 0 Å². The van der Waals surface area contributed by atoms with E-state index in [4.69, 9.17) is 0 Å². The molecule has 0 N–H and O–H groups in total. The van der Waals surface area contributed by atoms with Crippen LogP contribution >= 0.6 is 7.14 Å². The van der Waals surface area contributed by atoms with E-state index < -0.39 is 7.14 Å². The molecule has 0 aromatic heterocycles. The molecule has 2 aromatic carbocycles. The van der Waals surface area contributed by atoms with Crippen molar-refractivity contribution in [2.24, 2.45) is 5.92 Å². The Morgan fingerprint density at radius 1 is 0.826 bits per heavy atom. The molecule has 2 aromatic rings. The van der Waals surface area contributed by atoms with Gasteiger partial charge in [0.2, 0.25) is 0 Å². The molecule has 1 aliphatic rings. The summed E-state index contributed by atoms with van der Waals surface area (Å²) in [4.78, 5) is 0. The summed E-state index contributed by atoms with van der Waals surface area (Å²) in [6.07, 6.45) is 4.42. The molecule has 117 valence electrons. The van der Waals surface area contributed by atoms with Crippen LogP contribution in [-0.4, -0.2) is 0 Å². The van der Waals surface area contributed by atoms with Gasteiger partial charge in [0, 0.05) is 15.9 Å². The first-order valence-corrected chi connectivity index (χ1v) is 9.70. The van der Waals surface area contributed by atoms with E-state index in [9.17, 15) is 4.57 Å². The van der Waals surface area contributed by atoms with E-state index >= 15 is 0 Å². The zero-order chi connectivity index (χ0) is 16.4. The van der Waals surface area contributed by atoms with Gasteiger partial charge in [-0.2, -0.15) is 0 Å². The second-order valence-corrected chi connectivity index (χ2v) is 8.89. The lowest BCUT2D eigenvalue weighted by molar-refractivity contribution is 0.590. The highest BCUT2D eigenvalue weighted by molar-refractivity contribution is 7.82. The molecule has 1 radical (unpaired) electrons. The van der Waals surface area contributed by atoms with Crippen LogP contribution in [0.4, 0.5) is 0 Å². The molecule has 0 heterocycles. The van der Waals surface area contributed by atoms with Gasteiger partial charge in [-0.05, 0) is 31.8 Å². The lowest BCUT2D eigenvalue weighted by Crippen LogP contribution is -2.20. The standard InChI is InChI=1S/C21H22OP/c1-16-14-17(2)21(18(3)15-16)23(22,19-10-6-4-7-11-19)20-12-8-5-9-13-20/h4-16H,1-3H3. The van der Waals surface area contributed by atoms with Crippen molar-refractivity contribution in [2.75, 3.05) is 0 Å². The fraction of sp³-hybridized carbons (Fsp3) is 0.190. The van der Waals surface area contributed by atoms with Crippen LogP contribution in [0.1, 0.15) is 20.8 Å². The van der Waals surface area contributed by atoms with Crippen LogP contribution in [0.5, 0.6) is 0 Å². The van der Waals surface area contributed by atoms with Crippen molar-refractivity contribution < 1.29 is 4.57 Å². The van der Waals surface area contributed by atoms with E-state index in [1.165, 1.54) is 0 Å². The predicted octanol–water partition coefficient (Wildman–Crippen LogP) is 5.07. The Bertz CT molecular complexity index is 757. The molecule has 1 atom stereocenters. The lowest BCUT2D eigenvalue weighted by Gasteiger charge is -2.29. The molecule has 0 spiro atoms. The molecule has 2 heteroatoms. The second-order valence-electron chi connectivity index (χ2n) is 6.19. The van der Waals surface area contributed by atoms with Gasteiger partial charge in [-0.1, -0.05) is 79.2 Å². The Balaban J connectivity index is 2.29. The summed E-state index contributed by atoms with van der Waals surface area (Å²) in [7, 11) is -2.86. The Labute approximate surface area is 139 Å². The number of benzene rings is 2. The van der Waals surface area contributed by atoms with Crippen LogP contribution in [0.15, 0.2) is 83.2 Å². The Kier molecular flexibility index (Phi) is 4.41. The SMILES string of the molecule is CC1=CC(C)[CH]C(C)=C1P(=O)(c1ccccc1)c1ccccc1. The molecule has 0 fully saturated rings. The Morgan fingerprint density at radius 3 is 1.74 bits per heavy atom. The number of rotatable bonds is 3. The summed E-state index contributed by atoms with van der Waals surface area (Å²) in [5, 5.41) is 2.79. The quantitative estimate of drug-likeness (QED) is 0.721. The van der Waals surface area contributed by atoms with Gasteiger partial charge in [-0.3, -0.25) is 0 Å². The minimum atomic E-state index is -2.86. The average molecular weight is 321 g/mol. The van der Waals surface area contributed by atoms with Gasteiger partial charge in [0.15, 0.2) is 7.14 Å². The zero-order valence-electron chi connectivity index (χ0n) is 13.9. The van der Waals surface area contributed by atoms with Gasteiger partial charge < -0.3 is 4.57 Å². The summed E-state index contributed by atoms with van der Waals surface area (Å²) in [5.74, 6) is 0.388. The minimum Gasteiger partial charge on any atom is -0.309 e. The Hall–Kier alpha value is -1.85. The van der Waals surface area contributed by atoms with E-state index in [1.807, 2.05) is 60.7 Å². The maximum Gasteiger partial charge on any atom is 0.171 e. The van der Waals surface area contributed by atoms with Gasteiger partial charge in [-0.25, -0.2) is 0 Å². The van der Waals surface area contributed by atoms with Crippen molar-refractivity contribution in [2.45, 2.75) is 20.8 Å². The van der Waals surface area contributed by atoms with Crippen molar-refractivity contribution >= 4 is 17.8 Å². The van der Waals surface area contributed by atoms with Crippen LogP contribution < -0.4 is 10.6 Å². The molecule has 0 aliphatic heterocycles. The smallest absolute Gasteiger partial charge is 0.171 e. The molecule has 0 saturated heterocycles. The highest BCUT2D eigenvalue weighted by Crippen LogP contribution is 2.57. The highest BCUT2D eigenvalue weighted by Gasteiger charge is 2.35. The molecular weight excluding hydrogens is 299 g/mol. The summed E-state index contributed by atoms with van der Waals surface area (Å²) in [5.41, 5.74) is 2.27. The van der Waals surface area contributed by atoms with Gasteiger partial charge in [0.05, 0.1) is 0 Å². The van der Waals surface area contributed by atoms with E-state index in [2.05, 4.69) is 33.3 Å². The lowest BCUT2D eigenvalue weighted by atomic mass is 9.93. The first kappa shape index (κ1) is 16.0. The van der Waals surface area contributed by atoms with Crippen molar-refractivity contribution in [1.29, 1.82) is 0 Å². The van der Waals surface area contributed by atoms with Gasteiger partial charge >= 0.3 is 0 Å². The van der Waals surface area contributed by atoms with E-state index in [0.717, 1.165) is 27.1 Å². The molecule has 0 amide bonds. The van der Waals surface area contributed by atoms with Crippen LogP contribution in [0.2, 0.25) is 0 Å². The topological polar surface area (TPSA) is 17.1 Å². The van der Waals surface area contributed by atoms with E-state index in [-0.39, 0.29) is 0 Å². The maximum absolute atomic E-state index is 14.4. The molecule has 23 heavy (non-hydrogen) atoms. The fourth-order valence-electron chi connectivity index (χ4n) is 3.49. The minimum absolute atomic E-state index is 0.388. The average Bonchev–Trinajstić information content (AvgIpc) is 2.55. The van der Waals surface area contributed by atoms with Crippen molar-refractivity contribution in [1.82, 2.24) is 0 Å². The maximum atomic E-state index is 14.4. The zero-order valence-corrected chi connectivity index (χ0v) is 14.8. The largest absolute Gasteiger partial charge is 0.309 e. The van der Waals surface area contributed by atoms with E-state index in [0.29, 0.717) is 5.92 Å². The Morgan fingerprint density at radius 2 is 1.30 bits per heavy atom. The molecule has 1 nitrogen and oxygen atoms in total. The van der Waals surface area contributed by atoms with Crippen LogP contribution in [0, 0.1) is 12.3 Å². The normalized spacial score (nSPS) is 18.7. The van der Waals surface area contributed by atoms with Gasteiger partial charge in [0.25, 0.3) is 0 Å². The predicted molar refractivity (Wildman–Crippen MR) is 99.7 cm³/mol. The second kappa shape index (κ2) is 6.34. The highest BCUT2D eigenvalue weighted by atomic mass is 31.2. The fourth-order valence-corrected chi connectivity index (χ4v) is 6.63. The van der Waals surface area contributed by atoms with Crippen LogP contribution in [-0.2, 0) is 4.57 Å². The van der Waals surface area contributed by atoms with Gasteiger partial charge in [0.1, 0.15) is 0 Å². The number of hydrogen-bond acceptors (Lipinski definition) is 1. The molecule has 1 unspecified atom stereocenters. The first-order valence-electron chi connectivity index (χ1n) is 8.00.